The highest BCUT2D eigenvalue weighted by Gasteiger charge is 2.30. The van der Waals surface area contributed by atoms with Crippen LogP contribution in [-0.4, -0.2) is 50.0 Å². The molecule has 9 heteroatoms. The van der Waals surface area contributed by atoms with Crippen molar-refractivity contribution in [1.29, 1.82) is 0 Å². The maximum absolute atomic E-state index is 13.6. The summed E-state index contributed by atoms with van der Waals surface area (Å²) >= 11 is 6.08. The minimum atomic E-state index is -3.57. The number of halogens is 1. The molecule has 1 fully saturated rings. The van der Waals surface area contributed by atoms with Gasteiger partial charge in [-0.1, -0.05) is 73.7 Å². The van der Waals surface area contributed by atoms with Crippen molar-refractivity contribution in [2.24, 2.45) is 0 Å². The normalized spacial score (nSPS) is 15.1. The van der Waals surface area contributed by atoms with Gasteiger partial charge in [0.05, 0.1) is 11.9 Å². The van der Waals surface area contributed by atoms with E-state index in [4.69, 9.17) is 11.6 Å². The molecule has 0 spiro atoms. The van der Waals surface area contributed by atoms with Crippen LogP contribution < -0.4 is 9.62 Å². The summed E-state index contributed by atoms with van der Waals surface area (Å²) in [5.74, 6) is -0.285. The Morgan fingerprint density at radius 3 is 2.37 bits per heavy atom. The summed E-state index contributed by atoms with van der Waals surface area (Å²) in [4.78, 5) is 28.6. The fraction of sp³-hybridized carbons (Fsp3) is 0.517. The van der Waals surface area contributed by atoms with Crippen LogP contribution in [0.3, 0.4) is 0 Å². The molecule has 0 radical (unpaired) electrons. The van der Waals surface area contributed by atoms with Gasteiger partial charge >= 0.3 is 0 Å². The molecule has 1 aliphatic carbocycles. The Morgan fingerprint density at radius 2 is 1.76 bits per heavy atom. The van der Waals surface area contributed by atoms with Crippen molar-refractivity contribution in [3.63, 3.8) is 0 Å². The van der Waals surface area contributed by atoms with Crippen LogP contribution >= 0.6 is 11.6 Å². The summed E-state index contributed by atoms with van der Waals surface area (Å²) in [7, 11) is -3.57. The van der Waals surface area contributed by atoms with Gasteiger partial charge in [0.1, 0.15) is 6.04 Å². The average molecular weight is 562 g/mol. The zero-order valence-electron chi connectivity index (χ0n) is 22.7. The molecule has 0 bridgehead atoms. The Morgan fingerprint density at radius 1 is 1.08 bits per heavy atom. The fourth-order valence-electron chi connectivity index (χ4n) is 4.99. The van der Waals surface area contributed by atoms with E-state index in [0.717, 1.165) is 43.1 Å². The lowest BCUT2D eigenvalue weighted by atomic mass is 9.95. The van der Waals surface area contributed by atoms with Crippen LogP contribution in [0.25, 0.3) is 0 Å². The Bertz CT molecular complexity index is 1180. The summed E-state index contributed by atoms with van der Waals surface area (Å²) in [5.41, 5.74) is 2.53. The van der Waals surface area contributed by atoms with Gasteiger partial charge in [-0.15, -0.1) is 0 Å². The number of amides is 2. The molecule has 0 unspecified atom stereocenters. The van der Waals surface area contributed by atoms with Crippen molar-refractivity contribution >= 4 is 39.1 Å². The lowest BCUT2D eigenvalue weighted by Gasteiger charge is -2.33. The van der Waals surface area contributed by atoms with Gasteiger partial charge in [-0.05, 0) is 56.4 Å². The van der Waals surface area contributed by atoms with E-state index >= 15 is 0 Å². The number of rotatable bonds is 12. The number of hydrogen-bond acceptors (Lipinski definition) is 4. The van der Waals surface area contributed by atoms with E-state index in [0.29, 0.717) is 30.1 Å². The van der Waals surface area contributed by atoms with Crippen molar-refractivity contribution < 1.29 is 18.0 Å². The standard InChI is InChI=1S/C29H40ClN3O4S/c1-4-27(29(35)31-25-11-6-5-7-12-25)32(21-23-17-15-22(2)16-18-23)28(34)14-9-19-33(38(3,36)37)26-13-8-10-24(30)20-26/h8,10,13,15-18,20,25,27H,4-7,9,11-12,14,19,21H2,1-3H3,(H,31,35)/t27-/m1/s1. The van der Waals surface area contributed by atoms with E-state index < -0.39 is 16.1 Å². The highest BCUT2D eigenvalue weighted by Crippen LogP contribution is 2.23. The minimum absolute atomic E-state index is 0.114. The number of nitrogens with one attached hydrogen (secondary N) is 1. The van der Waals surface area contributed by atoms with Crippen molar-refractivity contribution in [2.75, 3.05) is 17.1 Å². The quantitative estimate of drug-likeness (QED) is 0.373. The highest BCUT2D eigenvalue weighted by molar-refractivity contribution is 7.92. The van der Waals surface area contributed by atoms with Gasteiger partial charge in [0.15, 0.2) is 0 Å². The lowest BCUT2D eigenvalue weighted by Crippen LogP contribution is -2.51. The van der Waals surface area contributed by atoms with Gasteiger partial charge in [-0.2, -0.15) is 0 Å². The summed E-state index contributed by atoms with van der Waals surface area (Å²) in [6.07, 6.45) is 7.42. The van der Waals surface area contributed by atoms with Crippen LogP contribution in [0, 0.1) is 6.92 Å². The van der Waals surface area contributed by atoms with Gasteiger partial charge in [0, 0.05) is 30.6 Å². The first kappa shape index (κ1) is 30.0. The highest BCUT2D eigenvalue weighted by atomic mass is 35.5. The first-order valence-electron chi connectivity index (χ1n) is 13.5. The second-order valence-corrected chi connectivity index (χ2v) is 12.5. The Kier molecular flexibility index (Phi) is 11.0. The first-order valence-corrected chi connectivity index (χ1v) is 15.7. The predicted molar refractivity (Wildman–Crippen MR) is 154 cm³/mol. The molecule has 1 saturated carbocycles. The molecular weight excluding hydrogens is 522 g/mol. The number of carbonyl (C=O) groups excluding carboxylic acids is 2. The number of hydrogen-bond donors (Lipinski definition) is 1. The average Bonchev–Trinajstić information content (AvgIpc) is 2.87. The maximum Gasteiger partial charge on any atom is 0.243 e. The topological polar surface area (TPSA) is 86.8 Å². The lowest BCUT2D eigenvalue weighted by molar-refractivity contribution is -0.141. The molecule has 0 aliphatic heterocycles. The number of sulfonamides is 1. The monoisotopic (exact) mass is 561 g/mol. The molecule has 0 heterocycles. The van der Waals surface area contributed by atoms with Crippen LogP contribution in [-0.2, 0) is 26.2 Å². The van der Waals surface area contributed by atoms with Crippen LogP contribution in [0.2, 0.25) is 5.02 Å². The smallest absolute Gasteiger partial charge is 0.243 e. The summed E-state index contributed by atoms with van der Waals surface area (Å²) in [5, 5.41) is 3.62. The number of carbonyl (C=O) groups is 2. The number of nitrogens with zero attached hydrogens (tertiary/aromatic N) is 2. The molecule has 208 valence electrons. The van der Waals surface area contributed by atoms with Crippen LogP contribution in [0.4, 0.5) is 5.69 Å². The number of anilines is 1. The molecular formula is C29H40ClN3O4S. The minimum Gasteiger partial charge on any atom is -0.352 e. The van der Waals surface area contributed by atoms with Gasteiger partial charge in [0.25, 0.3) is 0 Å². The predicted octanol–water partition coefficient (Wildman–Crippen LogP) is 5.45. The van der Waals surface area contributed by atoms with E-state index in [2.05, 4.69) is 5.32 Å². The molecule has 38 heavy (non-hydrogen) atoms. The number of aryl methyl sites for hydroxylation is 1. The first-order chi connectivity index (χ1) is 18.1. The Labute approximate surface area is 232 Å². The third kappa shape index (κ3) is 8.73. The fourth-order valence-corrected chi connectivity index (χ4v) is 6.13. The van der Waals surface area contributed by atoms with Crippen molar-refractivity contribution in [2.45, 2.75) is 83.8 Å². The van der Waals surface area contributed by atoms with Gasteiger partial charge < -0.3 is 10.2 Å². The third-order valence-corrected chi connectivity index (χ3v) is 8.49. The van der Waals surface area contributed by atoms with Crippen LogP contribution in [0.5, 0.6) is 0 Å². The molecule has 2 aromatic carbocycles. The Balaban J connectivity index is 1.75. The number of benzene rings is 2. The molecule has 1 N–H and O–H groups in total. The molecule has 2 aromatic rings. The van der Waals surface area contributed by atoms with Crippen molar-refractivity contribution in [1.82, 2.24) is 10.2 Å². The van der Waals surface area contributed by atoms with Gasteiger partial charge in [0.2, 0.25) is 21.8 Å². The van der Waals surface area contributed by atoms with E-state index in [1.54, 1.807) is 29.2 Å². The van der Waals surface area contributed by atoms with Gasteiger partial charge in [-0.3, -0.25) is 13.9 Å². The molecule has 1 atom stereocenters. The molecule has 0 aromatic heterocycles. The second-order valence-electron chi connectivity index (χ2n) is 10.2. The second kappa shape index (κ2) is 14.0. The summed E-state index contributed by atoms with van der Waals surface area (Å²) in [6.45, 7) is 4.38. The maximum atomic E-state index is 13.6. The molecule has 0 saturated heterocycles. The van der Waals surface area contributed by atoms with E-state index in [1.165, 1.54) is 10.7 Å². The van der Waals surface area contributed by atoms with Gasteiger partial charge in [-0.25, -0.2) is 8.42 Å². The Hall–Kier alpha value is -2.58. The molecule has 2 amide bonds. The molecule has 3 rings (SSSR count). The molecule has 1 aliphatic rings. The largest absolute Gasteiger partial charge is 0.352 e. The van der Waals surface area contributed by atoms with E-state index in [9.17, 15) is 18.0 Å². The zero-order chi connectivity index (χ0) is 27.7. The van der Waals surface area contributed by atoms with Crippen LogP contribution in [0.15, 0.2) is 48.5 Å². The molecule has 7 nitrogen and oxygen atoms in total. The van der Waals surface area contributed by atoms with Crippen molar-refractivity contribution in [3.05, 3.63) is 64.7 Å². The summed E-state index contributed by atoms with van der Waals surface area (Å²) < 4.78 is 26.2. The van der Waals surface area contributed by atoms with Crippen molar-refractivity contribution in [3.8, 4) is 0 Å². The zero-order valence-corrected chi connectivity index (χ0v) is 24.2. The third-order valence-electron chi connectivity index (χ3n) is 7.06. The summed E-state index contributed by atoms with van der Waals surface area (Å²) in [6, 6.07) is 14.2. The SMILES string of the molecule is CC[C@H](C(=O)NC1CCCCC1)N(Cc1ccc(C)cc1)C(=O)CCCN(c1cccc(Cl)c1)S(C)(=O)=O. The van der Waals surface area contributed by atoms with E-state index in [1.807, 2.05) is 38.1 Å². The van der Waals surface area contributed by atoms with E-state index in [-0.39, 0.29) is 30.8 Å². The van der Waals surface area contributed by atoms with Crippen LogP contribution in [0.1, 0.15) is 69.4 Å².